The van der Waals surface area contributed by atoms with Crippen LogP contribution >= 0.6 is 0 Å². The van der Waals surface area contributed by atoms with Crippen molar-refractivity contribution in [1.29, 1.82) is 0 Å². The number of hydrogen-bond acceptors (Lipinski definition) is 8. The zero-order chi connectivity index (χ0) is 24.6. The molecule has 1 saturated heterocycles. The Hall–Kier alpha value is -4.60. The van der Waals surface area contributed by atoms with Gasteiger partial charge in [-0.25, -0.2) is 14.6 Å². The van der Waals surface area contributed by atoms with E-state index in [1.165, 1.54) is 6.33 Å². The highest BCUT2D eigenvalue weighted by Gasteiger charge is 2.27. The summed E-state index contributed by atoms with van der Waals surface area (Å²) in [6.45, 7) is 2.96. The number of aromatic nitrogens is 6. The van der Waals surface area contributed by atoms with E-state index < -0.39 is 0 Å². The average Bonchev–Trinajstić information content (AvgIpc) is 3.56. The van der Waals surface area contributed by atoms with Gasteiger partial charge in [0, 0.05) is 36.7 Å². The van der Waals surface area contributed by atoms with Crippen molar-refractivity contribution in [3.63, 3.8) is 0 Å². The Morgan fingerprint density at radius 3 is 2.58 bits per heavy atom. The van der Waals surface area contributed by atoms with Crippen LogP contribution in [0.5, 0.6) is 0 Å². The summed E-state index contributed by atoms with van der Waals surface area (Å²) in [6.07, 6.45) is 3.27. The molecule has 4 heterocycles. The number of rotatable bonds is 4. The van der Waals surface area contributed by atoms with Gasteiger partial charge >= 0.3 is 0 Å². The molecule has 0 spiro atoms. The number of hydrogen-bond donors (Lipinski definition) is 1. The van der Waals surface area contributed by atoms with Crippen molar-refractivity contribution in [1.82, 2.24) is 34.8 Å². The molecular formula is C26H24N8O2. The van der Waals surface area contributed by atoms with Gasteiger partial charge in [0.25, 0.3) is 5.89 Å². The van der Waals surface area contributed by atoms with Crippen LogP contribution in [0.1, 0.15) is 25.8 Å². The summed E-state index contributed by atoms with van der Waals surface area (Å²) in [6, 6.07) is 17.4. The molecular weight excluding hydrogens is 456 g/mol. The van der Waals surface area contributed by atoms with Crippen LogP contribution in [0.25, 0.3) is 45.1 Å². The second kappa shape index (κ2) is 8.88. The third-order valence-corrected chi connectivity index (χ3v) is 6.57. The molecule has 0 radical (unpaired) electrons. The van der Waals surface area contributed by atoms with Crippen molar-refractivity contribution in [3.05, 3.63) is 60.9 Å². The fraction of sp³-hybridized carbons (Fsp3) is 0.231. The van der Waals surface area contributed by atoms with E-state index in [1.807, 2.05) is 64.2 Å². The number of anilines is 1. The molecule has 0 bridgehead atoms. The van der Waals surface area contributed by atoms with Crippen molar-refractivity contribution in [2.24, 2.45) is 0 Å². The summed E-state index contributed by atoms with van der Waals surface area (Å²) in [5.74, 6) is 1.41. The fourth-order valence-corrected chi connectivity index (χ4v) is 4.71. The number of benzene rings is 2. The van der Waals surface area contributed by atoms with E-state index >= 15 is 0 Å². The molecule has 0 aliphatic carbocycles. The number of fused-ring (bicyclic) bond motifs is 1. The highest BCUT2D eigenvalue weighted by molar-refractivity contribution is 5.98. The maximum absolute atomic E-state index is 12.0. The second-order valence-electron chi connectivity index (χ2n) is 8.88. The summed E-state index contributed by atoms with van der Waals surface area (Å²) in [4.78, 5) is 27.1. The molecule has 3 aromatic heterocycles. The third kappa shape index (κ3) is 3.86. The molecule has 180 valence electrons. The van der Waals surface area contributed by atoms with Gasteiger partial charge in [-0.15, -0.1) is 0 Å². The molecule has 36 heavy (non-hydrogen) atoms. The molecule has 1 fully saturated rings. The van der Waals surface area contributed by atoms with Crippen LogP contribution in [-0.4, -0.2) is 53.8 Å². The van der Waals surface area contributed by atoms with Gasteiger partial charge in [-0.05, 0) is 25.0 Å². The molecule has 1 amide bonds. The molecule has 1 aliphatic heterocycles. The van der Waals surface area contributed by atoms with Gasteiger partial charge in [-0.2, -0.15) is 10.1 Å². The Morgan fingerprint density at radius 2 is 1.81 bits per heavy atom. The maximum atomic E-state index is 12.0. The Balaban J connectivity index is 1.35. The molecule has 2 aromatic carbocycles. The molecule has 1 atom stereocenters. The Morgan fingerprint density at radius 1 is 1.03 bits per heavy atom. The topological polar surface area (TPSA) is 129 Å². The van der Waals surface area contributed by atoms with Gasteiger partial charge in [-0.3, -0.25) is 4.79 Å². The van der Waals surface area contributed by atoms with E-state index in [-0.39, 0.29) is 11.9 Å². The van der Waals surface area contributed by atoms with Gasteiger partial charge in [0.15, 0.2) is 5.65 Å². The van der Waals surface area contributed by atoms with E-state index in [0.717, 1.165) is 36.1 Å². The summed E-state index contributed by atoms with van der Waals surface area (Å²) < 4.78 is 7.35. The molecule has 6 rings (SSSR count). The lowest BCUT2D eigenvalue weighted by atomic mass is 10.1. The molecule has 1 aliphatic rings. The van der Waals surface area contributed by atoms with E-state index in [9.17, 15) is 4.79 Å². The van der Waals surface area contributed by atoms with Crippen LogP contribution in [0.3, 0.4) is 0 Å². The van der Waals surface area contributed by atoms with E-state index in [4.69, 9.17) is 15.4 Å². The Kier molecular flexibility index (Phi) is 5.40. The lowest BCUT2D eigenvalue weighted by molar-refractivity contribution is -0.130. The first-order valence-electron chi connectivity index (χ1n) is 11.8. The average molecular weight is 481 g/mol. The van der Waals surface area contributed by atoms with E-state index in [0.29, 0.717) is 40.8 Å². The normalized spacial score (nSPS) is 15.9. The van der Waals surface area contributed by atoms with Crippen molar-refractivity contribution >= 4 is 22.8 Å². The summed E-state index contributed by atoms with van der Waals surface area (Å²) in [5, 5.41) is 9.77. The third-order valence-electron chi connectivity index (χ3n) is 6.57. The lowest BCUT2D eigenvalue weighted by Crippen LogP contribution is -2.39. The zero-order valence-electron chi connectivity index (χ0n) is 19.7. The van der Waals surface area contributed by atoms with Crippen LogP contribution in [0.15, 0.2) is 65.4 Å². The number of carbonyl (C=O) groups is 1. The minimum Gasteiger partial charge on any atom is -0.383 e. The van der Waals surface area contributed by atoms with Crippen molar-refractivity contribution in [3.8, 4) is 34.1 Å². The quantitative estimate of drug-likeness (QED) is 0.409. The van der Waals surface area contributed by atoms with Crippen molar-refractivity contribution < 1.29 is 9.32 Å². The zero-order valence-corrected chi connectivity index (χ0v) is 19.7. The first-order chi connectivity index (χ1) is 17.6. The first kappa shape index (κ1) is 21.9. The van der Waals surface area contributed by atoms with Crippen molar-refractivity contribution in [2.75, 3.05) is 18.8 Å². The predicted molar refractivity (Wildman–Crippen MR) is 134 cm³/mol. The number of likely N-dealkylation sites (tertiary alicyclic amines) is 1. The van der Waals surface area contributed by atoms with Gasteiger partial charge in [-0.1, -0.05) is 47.6 Å². The van der Waals surface area contributed by atoms with Crippen LogP contribution in [0.4, 0.5) is 5.82 Å². The number of carbonyl (C=O) groups excluding carboxylic acids is 1. The monoisotopic (exact) mass is 480 g/mol. The second-order valence-corrected chi connectivity index (χ2v) is 8.88. The van der Waals surface area contributed by atoms with Gasteiger partial charge in [0.2, 0.25) is 11.7 Å². The van der Waals surface area contributed by atoms with Crippen LogP contribution in [0.2, 0.25) is 0 Å². The van der Waals surface area contributed by atoms with E-state index in [1.54, 1.807) is 6.92 Å². The van der Waals surface area contributed by atoms with Crippen LogP contribution in [-0.2, 0) is 4.79 Å². The number of piperidine rings is 1. The molecule has 2 N–H and O–H groups in total. The number of nitrogens with zero attached hydrogens (tertiary/aromatic N) is 7. The number of amides is 1. The van der Waals surface area contributed by atoms with Crippen LogP contribution in [0, 0.1) is 0 Å². The van der Waals surface area contributed by atoms with E-state index in [2.05, 4.69) is 20.1 Å². The SMILES string of the molecule is CC(=O)N1CCCC(n2nc(-c3ccc(-c4noc(-c5ccccc5)n4)cc3)c3c(N)ncnc32)C1. The van der Waals surface area contributed by atoms with Gasteiger partial charge < -0.3 is 15.2 Å². The standard InChI is InChI=1S/C26H24N8O2/c1-16(35)33-13-5-8-20(14-33)34-25-21(23(27)28-15-29-25)22(31-34)17-9-11-18(12-10-17)24-30-26(36-32-24)19-6-3-2-4-7-19/h2-4,6-7,9-12,15,20H,5,8,13-14H2,1H3,(H2,27,28,29). The highest BCUT2D eigenvalue weighted by Crippen LogP contribution is 2.34. The van der Waals surface area contributed by atoms with Crippen molar-refractivity contribution in [2.45, 2.75) is 25.8 Å². The molecule has 10 heteroatoms. The molecule has 0 saturated carbocycles. The first-order valence-corrected chi connectivity index (χ1v) is 11.8. The molecule has 10 nitrogen and oxygen atoms in total. The smallest absolute Gasteiger partial charge is 0.258 e. The Bertz CT molecular complexity index is 1540. The highest BCUT2D eigenvalue weighted by atomic mass is 16.5. The minimum absolute atomic E-state index is 0.0169. The van der Waals surface area contributed by atoms with Gasteiger partial charge in [0.05, 0.1) is 11.4 Å². The maximum Gasteiger partial charge on any atom is 0.258 e. The number of nitrogen functional groups attached to an aromatic ring is 1. The van der Waals surface area contributed by atoms with Gasteiger partial charge in [0.1, 0.15) is 17.8 Å². The summed E-state index contributed by atoms with van der Waals surface area (Å²) in [5.41, 5.74) is 10.2. The fourth-order valence-electron chi connectivity index (χ4n) is 4.71. The minimum atomic E-state index is 0.0169. The summed E-state index contributed by atoms with van der Waals surface area (Å²) in [7, 11) is 0. The largest absolute Gasteiger partial charge is 0.383 e. The molecule has 1 unspecified atom stereocenters. The number of nitrogens with two attached hydrogens (primary N) is 1. The molecule has 5 aromatic rings. The lowest BCUT2D eigenvalue weighted by Gasteiger charge is -2.32. The Labute approximate surface area is 206 Å². The van der Waals surface area contributed by atoms with Crippen LogP contribution < -0.4 is 5.73 Å². The summed E-state index contributed by atoms with van der Waals surface area (Å²) >= 11 is 0. The predicted octanol–water partition coefficient (Wildman–Crippen LogP) is 3.98.